The van der Waals surface area contributed by atoms with Crippen molar-refractivity contribution in [1.82, 2.24) is 0 Å². The average Bonchev–Trinajstić information content (AvgIpc) is 1.54. The number of rotatable bonds is 8. The van der Waals surface area contributed by atoms with E-state index in [1.807, 2.05) is 0 Å². The van der Waals surface area contributed by atoms with Crippen LogP contribution in [0.15, 0.2) is 510 Å². The Balaban J connectivity index is 0.0000000965. The van der Waals surface area contributed by atoms with Crippen molar-refractivity contribution >= 4 is 201 Å². The lowest BCUT2D eigenvalue weighted by Crippen LogP contribution is -2.72. The van der Waals surface area contributed by atoms with E-state index in [2.05, 4.69) is 537 Å². The first kappa shape index (κ1) is 82.2. The molecule has 0 saturated heterocycles. The van der Waals surface area contributed by atoms with Gasteiger partial charge in [0.15, 0.2) is 32.3 Å². The predicted molar refractivity (Wildman–Crippen MR) is 595 cm³/mol. The number of aryl methyl sites for hydroxylation is 4. The van der Waals surface area contributed by atoms with Gasteiger partial charge in [0.05, 0.1) is 0 Å². The summed E-state index contributed by atoms with van der Waals surface area (Å²) in [5.41, 5.74) is 16.6. The number of benzene rings is 24. The van der Waals surface area contributed by atoms with Gasteiger partial charge in [-0.2, -0.15) is 0 Å². The van der Waals surface area contributed by atoms with Crippen molar-refractivity contribution in [3.8, 4) is 44.5 Å². The van der Waals surface area contributed by atoms with Gasteiger partial charge in [-0.25, -0.2) is 0 Å². The van der Waals surface area contributed by atoms with Gasteiger partial charge < -0.3 is 0 Å². The Kier molecular flexibility index (Phi) is 20.0. The summed E-state index contributed by atoms with van der Waals surface area (Å²) < 4.78 is 0. The second-order valence-corrected chi connectivity index (χ2v) is 52.5. The summed E-state index contributed by atoms with van der Waals surface area (Å²) in [6, 6.07) is 191. The minimum atomic E-state index is -2.45. The molecule has 640 valence electrons. The van der Waals surface area contributed by atoms with Crippen molar-refractivity contribution in [1.29, 1.82) is 0 Å². The number of hydrogen-bond acceptors (Lipinski definition) is 0. The van der Waals surface area contributed by atoms with Crippen LogP contribution in [0, 0.1) is 27.7 Å². The van der Waals surface area contributed by atoms with Crippen LogP contribution in [0.25, 0.3) is 131 Å². The Bertz CT molecular complexity index is 8530. The molecule has 4 heteroatoms. The topological polar surface area (TPSA) is 0 Å². The van der Waals surface area contributed by atoms with Gasteiger partial charge in [0, 0.05) is 0 Å². The van der Waals surface area contributed by atoms with Gasteiger partial charge in [-0.05, 0) is 247 Å². The lowest BCUT2D eigenvalue weighted by molar-refractivity contribution is 1.49. The van der Waals surface area contributed by atoms with Crippen molar-refractivity contribution < 1.29 is 0 Å². The van der Waals surface area contributed by atoms with E-state index in [9.17, 15) is 0 Å². The van der Waals surface area contributed by atoms with E-state index < -0.39 is 32.3 Å². The normalized spacial score (nSPS) is 13.7. The zero-order chi connectivity index (χ0) is 90.8. The fraction of sp³-hybridized carbons (Fsp3) is 0.0303. The predicted octanol–water partition coefficient (Wildman–Crippen LogP) is 22.6. The molecule has 0 aliphatic carbocycles. The highest BCUT2D eigenvalue weighted by molar-refractivity contribution is 7.24. The Hall–Kier alpha value is -15.8. The van der Waals surface area contributed by atoms with Crippen molar-refractivity contribution in [2.45, 2.75) is 27.7 Å². The molecule has 0 aromatic heterocycles. The lowest BCUT2D eigenvalue weighted by Gasteiger charge is -2.31. The van der Waals surface area contributed by atoms with Crippen molar-refractivity contribution in [2.75, 3.05) is 0 Å². The molecule has 28 rings (SSSR count). The Morgan fingerprint density at radius 2 is 0.375 bits per heavy atom. The van der Waals surface area contributed by atoms with Crippen LogP contribution in [-0.4, -0.2) is 32.3 Å². The van der Waals surface area contributed by atoms with Gasteiger partial charge in [-0.3, -0.25) is 0 Å². The van der Waals surface area contributed by atoms with Crippen molar-refractivity contribution in [2.24, 2.45) is 0 Å². The highest BCUT2D eigenvalue weighted by Crippen LogP contribution is 2.45. The minimum Gasteiger partial charge on any atom is -0.0623 e. The summed E-state index contributed by atoms with van der Waals surface area (Å²) in [7, 11) is -9.78. The average molecular weight is 1790 g/mol. The SMILES string of the molecule is Cc1ccc2c(c1)-c1c(ccc3ccc4ccccc4c13)[Si]2(c1ccccc1)c1ccccc1.Cc1ccc2c(ccc3ccc4c(c32)-c2ccccc2[Si]4(c2ccccc2)c2ccccc2)c1.Cc1ccc2ccc3ccc4c(c3c2c1)-c1ccccc1[Si]4(c1ccccc1)c1ccccc1.Cc1cccc2c1ccc1ccc3c(c12)-c1ccccc1[Si]3(c1ccccc1)c1ccccc1. The fourth-order valence-corrected chi connectivity index (χ4v) is 45.6. The molecule has 24 aromatic rings. The highest BCUT2D eigenvalue weighted by atomic mass is 28.3. The van der Waals surface area contributed by atoms with Crippen LogP contribution in [0.5, 0.6) is 0 Å². The number of hydrogen-bond donors (Lipinski definition) is 0. The first-order valence-electron chi connectivity index (χ1n) is 47.8. The van der Waals surface area contributed by atoms with Crippen LogP contribution in [0.1, 0.15) is 22.3 Å². The molecule has 0 atom stereocenters. The number of fused-ring (bicyclic) bond motifs is 28. The van der Waals surface area contributed by atoms with Gasteiger partial charge in [0.1, 0.15) is 0 Å². The highest BCUT2D eigenvalue weighted by Gasteiger charge is 2.54. The molecule has 0 radical (unpaired) electrons. The first-order chi connectivity index (χ1) is 67.1. The van der Waals surface area contributed by atoms with Crippen LogP contribution in [0.2, 0.25) is 0 Å². The maximum Gasteiger partial charge on any atom is 0.180 e. The Morgan fingerprint density at radius 1 is 0.132 bits per heavy atom. The maximum absolute atomic E-state index is 2.45. The largest absolute Gasteiger partial charge is 0.180 e. The molecule has 136 heavy (non-hydrogen) atoms. The molecule has 4 aliphatic rings. The Morgan fingerprint density at radius 3 is 0.779 bits per heavy atom. The van der Waals surface area contributed by atoms with E-state index >= 15 is 0 Å². The molecule has 24 aromatic carbocycles. The summed E-state index contributed by atoms with van der Waals surface area (Å²) in [6.07, 6.45) is 0. The van der Waals surface area contributed by atoms with Gasteiger partial charge in [-0.1, -0.05) is 526 Å². The van der Waals surface area contributed by atoms with E-state index in [0.717, 1.165) is 0 Å². The smallest absolute Gasteiger partial charge is 0.0623 e. The van der Waals surface area contributed by atoms with Gasteiger partial charge in [0.25, 0.3) is 0 Å². The second kappa shape index (κ2) is 33.1. The molecule has 0 saturated carbocycles. The lowest BCUT2D eigenvalue weighted by atomic mass is 9.92. The summed E-state index contributed by atoms with van der Waals surface area (Å²) in [5.74, 6) is 0. The van der Waals surface area contributed by atoms with Gasteiger partial charge in [0.2, 0.25) is 0 Å². The van der Waals surface area contributed by atoms with E-state index in [1.54, 1.807) is 0 Å². The minimum absolute atomic E-state index is 1.30. The zero-order valence-electron chi connectivity index (χ0n) is 76.5. The van der Waals surface area contributed by atoms with Crippen LogP contribution in [0.3, 0.4) is 0 Å². The summed E-state index contributed by atoms with van der Waals surface area (Å²) in [4.78, 5) is 0. The summed E-state index contributed by atoms with van der Waals surface area (Å²) in [6.45, 7) is 8.81. The van der Waals surface area contributed by atoms with E-state index in [1.165, 1.54) is 236 Å². The van der Waals surface area contributed by atoms with Crippen molar-refractivity contribution in [3.63, 3.8) is 0 Å². The molecule has 4 heterocycles. The van der Waals surface area contributed by atoms with Crippen LogP contribution < -0.4 is 83.0 Å². The molecule has 4 aliphatic heterocycles. The molecule has 0 N–H and O–H groups in total. The van der Waals surface area contributed by atoms with Crippen LogP contribution in [0.4, 0.5) is 0 Å². The Labute approximate surface area is 799 Å². The van der Waals surface area contributed by atoms with E-state index in [0.29, 0.717) is 0 Å². The molecule has 0 unspecified atom stereocenters. The summed E-state index contributed by atoms with van der Waals surface area (Å²) in [5, 5.41) is 45.1. The molecular weight excluding hydrogens is 1700 g/mol. The third-order valence-electron chi connectivity index (χ3n) is 30.4. The standard InChI is InChI=1S/4C33H24Si/c1-23-11-10-17-28-27(23)21-19-24-20-22-31-33(32(24)28)29-16-8-9-18-30(29)34(31,25-12-4-2-5-13-25)26-14-6-3-7-15-26;1-23-16-20-30-29(22-23)33-31(21-19-25-18-17-24-10-8-9-15-28(24)32(25)33)34(30,26-11-4-2-5-12-26)27-13-6-3-7-14-27;1-23-16-20-28-25(22-23)18-17-24-19-21-31-33(32(24)28)29-14-8-9-15-30(29)34(31,26-10-4-2-5-11-26)27-12-6-3-7-13-27;1-23-16-17-24-18-19-25-20-21-31-33(32(25)29(24)22-23)28-14-8-9-15-30(28)34(31,26-10-4-2-5-11-26)27-12-6-3-7-13-27/h4*2-22H,1H3. The van der Waals surface area contributed by atoms with Crippen LogP contribution in [-0.2, 0) is 0 Å². The van der Waals surface area contributed by atoms with Gasteiger partial charge >= 0.3 is 0 Å². The fourth-order valence-electron chi connectivity index (χ4n) is 24.9. The van der Waals surface area contributed by atoms with E-state index in [-0.39, 0.29) is 0 Å². The van der Waals surface area contributed by atoms with E-state index in [4.69, 9.17) is 0 Å². The van der Waals surface area contributed by atoms with Crippen molar-refractivity contribution in [3.05, 3.63) is 532 Å². The first-order valence-corrected chi connectivity index (χ1v) is 55.8. The third kappa shape index (κ3) is 12.5. The van der Waals surface area contributed by atoms with Crippen LogP contribution >= 0.6 is 0 Å². The maximum atomic E-state index is 2.44. The molecule has 0 nitrogen and oxygen atoms in total. The molecule has 0 bridgehead atoms. The quantitative estimate of drug-likeness (QED) is 0.105. The van der Waals surface area contributed by atoms with Gasteiger partial charge in [-0.15, -0.1) is 0 Å². The molecular formula is C132H96Si4. The monoisotopic (exact) mass is 1790 g/mol. The molecule has 0 fully saturated rings. The molecule has 0 amide bonds. The molecule has 0 spiro atoms. The summed E-state index contributed by atoms with van der Waals surface area (Å²) >= 11 is 0. The zero-order valence-corrected chi connectivity index (χ0v) is 80.5. The second-order valence-electron chi connectivity index (χ2n) is 37.6. The third-order valence-corrected chi connectivity index (χ3v) is 49.9.